The van der Waals surface area contributed by atoms with Crippen molar-refractivity contribution in [2.75, 3.05) is 23.7 Å². The highest BCUT2D eigenvalue weighted by Crippen LogP contribution is 2.19. The van der Waals surface area contributed by atoms with Crippen molar-refractivity contribution in [2.24, 2.45) is 0 Å². The highest BCUT2D eigenvalue weighted by atomic mass is 32.2. The standard InChI is InChI=1S/C26H37N3O4S/c1-5-6-18-27-26(31)22(3)28(20-23-11-8-7-9-12-23)25(30)13-10-19-29(34(4,32)33)24-16-14-21(2)15-17-24/h7-9,11-12,14-17,22H,5-6,10,13,18-20H2,1-4H3,(H,27,31)/t22-/m0/s1. The molecule has 0 bridgehead atoms. The molecule has 2 aromatic carbocycles. The van der Waals surface area contributed by atoms with Crippen molar-refractivity contribution < 1.29 is 18.0 Å². The third-order valence-electron chi connectivity index (χ3n) is 5.67. The second kappa shape index (κ2) is 13.1. The molecule has 0 aliphatic rings. The zero-order valence-electron chi connectivity index (χ0n) is 20.7. The quantitative estimate of drug-likeness (QED) is 0.435. The molecule has 0 saturated carbocycles. The molecule has 0 aromatic heterocycles. The van der Waals surface area contributed by atoms with Gasteiger partial charge in [0.15, 0.2) is 0 Å². The molecule has 0 spiro atoms. The molecular formula is C26H37N3O4S. The van der Waals surface area contributed by atoms with E-state index in [1.807, 2.05) is 49.4 Å². The van der Waals surface area contributed by atoms with Crippen molar-refractivity contribution in [2.45, 2.75) is 59.0 Å². The molecule has 0 fully saturated rings. The van der Waals surface area contributed by atoms with Crippen LogP contribution in [-0.4, -0.2) is 50.5 Å². The number of anilines is 1. The lowest BCUT2D eigenvalue weighted by atomic mass is 10.1. The Labute approximate surface area is 204 Å². The maximum absolute atomic E-state index is 13.2. The average Bonchev–Trinajstić information content (AvgIpc) is 2.80. The number of carbonyl (C=O) groups is 2. The van der Waals surface area contributed by atoms with Crippen LogP contribution in [0, 0.1) is 6.92 Å². The number of unbranched alkanes of at least 4 members (excludes halogenated alkanes) is 1. The molecular weight excluding hydrogens is 450 g/mol. The molecule has 1 atom stereocenters. The first-order chi connectivity index (χ1) is 16.1. The summed E-state index contributed by atoms with van der Waals surface area (Å²) < 4.78 is 26.1. The Kier molecular flexibility index (Phi) is 10.6. The maximum Gasteiger partial charge on any atom is 0.242 e. The summed E-state index contributed by atoms with van der Waals surface area (Å²) in [6.07, 6.45) is 3.50. The first-order valence-corrected chi connectivity index (χ1v) is 13.6. The molecule has 0 aliphatic carbocycles. The summed E-state index contributed by atoms with van der Waals surface area (Å²) >= 11 is 0. The third-order valence-corrected chi connectivity index (χ3v) is 6.86. The molecule has 186 valence electrons. The molecule has 0 unspecified atom stereocenters. The third kappa shape index (κ3) is 8.48. The summed E-state index contributed by atoms with van der Waals surface area (Å²) in [7, 11) is -3.50. The normalized spacial score (nSPS) is 12.1. The molecule has 34 heavy (non-hydrogen) atoms. The molecule has 0 aliphatic heterocycles. The Bertz CT molecular complexity index is 1020. The van der Waals surface area contributed by atoms with Crippen molar-refractivity contribution in [1.29, 1.82) is 0 Å². The van der Waals surface area contributed by atoms with Gasteiger partial charge >= 0.3 is 0 Å². The van der Waals surface area contributed by atoms with E-state index < -0.39 is 16.1 Å². The van der Waals surface area contributed by atoms with Crippen LogP contribution in [0.4, 0.5) is 5.69 Å². The minimum Gasteiger partial charge on any atom is -0.354 e. The Hall–Kier alpha value is -2.87. The molecule has 7 nitrogen and oxygen atoms in total. The topological polar surface area (TPSA) is 86.8 Å². The minimum absolute atomic E-state index is 0.136. The van der Waals surface area contributed by atoms with Gasteiger partial charge in [-0.3, -0.25) is 13.9 Å². The van der Waals surface area contributed by atoms with Crippen molar-refractivity contribution >= 4 is 27.5 Å². The highest BCUT2D eigenvalue weighted by molar-refractivity contribution is 7.92. The zero-order chi connectivity index (χ0) is 25.1. The smallest absolute Gasteiger partial charge is 0.242 e. The first-order valence-electron chi connectivity index (χ1n) is 11.8. The fourth-order valence-electron chi connectivity index (χ4n) is 3.61. The van der Waals surface area contributed by atoms with E-state index in [1.54, 1.807) is 24.0 Å². The van der Waals surface area contributed by atoms with Gasteiger partial charge in [-0.1, -0.05) is 61.4 Å². The van der Waals surface area contributed by atoms with Crippen LogP contribution < -0.4 is 9.62 Å². The summed E-state index contributed by atoms with van der Waals surface area (Å²) in [5, 5.41) is 2.90. The van der Waals surface area contributed by atoms with Crippen molar-refractivity contribution in [3.63, 3.8) is 0 Å². The predicted octanol–water partition coefficient (Wildman–Crippen LogP) is 3.87. The molecule has 0 saturated heterocycles. The zero-order valence-corrected chi connectivity index (χ0v) is 21.5. The summed E-state index contributed by atoms with van der Waals surface area (Å²) in [4.78, 5) is 27.5. The van der Waals surface area contributed by atoms with E-state index in [4.69, 9.17) is 0 Å². The van der Waals surface area contributed by atoms with Gasteiger partial charge in [0.1, 0.15) is 6.04 Å². The molecule has 1 N–H and O–H groups in total. The van der Waals surface area contributed by atoms with Crippen molar-refractivity contribution in [1.82, 2.24) is 10.2 Å². The van der Waals surface area contributed by atoms with Crippen molar-refractivity contribution in [3.05, 3.63) is 65.7 Å². The van der Waals surface area contributed by atoms with Gasteiger partial charge in [-0.05, 0) is 44.4 Å². The predicted molar refractivity (Wildman–Crippen MR) is 137 cm³/mol. The highest BCUT2D eigenvalue weighted by Gasteiger charge is 2.26. The summed E-state index contributed by atoms with van der Waals surface area (Å²) in [5.74, 6) is -0.366. The van der Waals surface area contributed by atoms with E-state index in [9.17, 15) is 18.0 Å². The molecule has 0 heterocycles. The number of hydrogen-bond acceptors (Lipinski definition) is 4. The maximum atomic E-state index is 13.2. The monoisotopic (exact) mass is 487 g/mol. The summed E-state index contributed by atoms with van der Waals surface area (Å²) in [5.41, 5.74) is 2.54. The van der Waals surface area contributed by atoms with Gasteiger partial charge in [0.2, 0.25) is 21.8 Å². The molecule has 2 aromatic rings. The van der Waals surface area contributed by atoms with Gasteiger partial charge in [0, 0.05) is 26.1 Å². The minimum atomic E-state index is -3.50. The second-order valence-electron chi connectivity index (χ2n) is 8.60. The fraction of sp³-hybridized carbons (Fsp3) is 0.462. The number of aryl methyl sites for hydroxylation is 1. The van der Waals surface area contributed by atoms with Crippen LogP contribution in [-0.2, 0) is 26.2 Å². The van der Waals surface area contributed by atoms with Gasteiger partial charge in [-0.2, -0.15) is 0 Å². The van der Waals surface area contributed by atoms with Gasteiger partial charge in [0.05, 0.1) is 11.9 Å². The van der Waals surface area contributed by atoms with E-state index >= 15 is 0 Å². The van der Waals surface area contributed by atoms with E-state index in [0.717, 1.165) is 24.0 Å². The lowest BCUT2D eigenvalue weighted by Crippen LogP contribution is -2.47. The fourth-order valence-corrected chi connectivity index (χ4v) is 4.58. The van der Waals surface area contributed by atoms with E-state index in [1.165, 1.54) is 10.6 Å². The second-order valence-corrected chi connectivity index (χ2v) is 10.5. The van der Waals surface area contributed by atoms with Crippen LogP contribution in [0.15, 0.2) is 54.6 Å². The molecule has 0 radical (unpaired) electrons. The van der Waals surface area contributed by atoms with E-state index in [-0.39, 0.29) is 24.8 Å². The Morgan fingerprint density at radius 2 is 1.65 bits per heavy atom. The number of carbonyl (C=O) groups excluding carboxylic acids is 2. The van der Waals surface area contributed by atoms with Gasteiger partial charge in [-0.15, -0.1) is 0 Å². The lowest BCUT2D eigenvalue weighted by molar-refractivity contribution is -0.140. The van der Waals surface area contributed by atoms with Gasteiger partial charge in [-0.25, -0.2) is 8.42 Å². The van der Waals surface area contributed by atoms with E-state index in [0.29, 0.717) is 25.2 Å². The number of nitrogens with zero attached hydrogens (tertiary/aromatic N) is 2. The Balaban J connectivity index is 2.10. The number of benzene rings is 2. The number of sulfonamides is 1. The summed E-state index contributed by atoms with van der Waals surface area (Å²) in [6.45, 7) is 6.80. The molecule has 2 rings (SSSR count). The van der Waals surface area contributed by atoms with Gasteiger partial charge in [0.25, 0.3) is 0 Å². The van der Waals surface area contributed by atoms with Crippen LogP contribution in [0.1, 0.15) is 50.7 Å². The van der Waals surface area contributed by atoms with Gasteiger partial charge < -0.3 is 10.2 Å². The number of hydrogen-bond donors (Lipinski definition) is 1. The van der Waals surface area contributed by atoms with E-state index in [2.05, 4.69) is 12.2 Å². The average molecular weight is 488 g/mol. The van der Waals surface area contributed by atoms with Crippen LogP contribution in [0.2, 0.25) is 0 Å². The Morgan fingerprint density at radius 3 is 2.24 bits per heavy atom. The van der Waals surface area contributed by atoms with Crippen LogP contribution in [0.25, 0.3) is 0 Å². The Morgan fingerprint density at radius 1 is 1.00 bits per heavy atom. The lowest BCUT2D eigenvalue weighted by Gasteiger charge is -2.29. The van der Waals surface area contributed by atoms with Crippen LogP contribution >= 0.6 is 0 Å². The number of rotatable bonds is 13. The van der Waals surface area contributed by atoms with Crippen LogP contribution in [0.3, 0.4) is 0 Å². The summed E-state index contributed by atoms with van der Waals surface area (Å²) in [6, 6.07) is 16.2. The number of nitrogens with one attached hydrogen (secondary N) is 1. The molecule has 2 amide bonds. The molecule has 8 heteroatoms. The number of amides is 2. The van der Waals surface area contributed by atoms with Crippen molar-refractivity contribution in [3.8, 4) is 0 Å². The van der Waals surface area contributed by atoms with Crippen LogP contribution in [0.5, 0.6) is 0 Å². The largest absolute Gasteiger partial charge is 0.354 e. The first kappa shape index (κ1) is 27.4. The SMILES string of the molecule is CCCCNC(=O)[C@H](C)N(Cc1ccccc1)C(=O)CCCN(c1ccc(C)cc1)S(C)(=O)=O.